The van der Waals surface area contributed by atoms with Crippen molar-refractivity contribution in [2.45, 2.75) is 45.1 Å². The molecule has 1 aromatic rings. The Labute approximate surface area is 106 Å². The lowest BCUT2D eigenvalue weighted by atomic mass is 9.81. The van der Waals surface area contributed by atoms with Crippen molar-refractivity contribution in [2.75, 3.05) is 5.33 Å². The fraction of sp³-hybridized carbons (Fsp3) is 0.571. The Kier molecular flexibility index (Phi) is 3.29. The lowest BCUT2D eigenvalue weighted by molar-refractivity contribution is 0.254. The van der Waals surface area contributed by atoms with Gasteiger partial charge in [0.1, 0.15) is 11.9 Å². The van der Waals surface area contributed by atoms with Crippen molar-refractivity contribution in [3.05, 3.63) is 29.3 Å². The monoisotopic (exact) mass is 282 g/mol. The Hall–Kier alpha value is -0.500. The third-order valence-corrected chi connectivity index (χ3v) is 3.79. The van der Waals surface area contributed by atoms with Crippen molar-refractivity contribution in [1.82, 2.24) is 0 Å². The summed E-state index contributed by atoms with van der Waals surface area (Å²) < 4.78 is 5.73. The highest BCUT2D eigenvalue weighted by atomic mass is 79.9. The lowest BCUT2D eigenvalue weighted by Crippen LogP contribution is -2.17. The lowest BCUT2D eigenvalue weighted by Gasteiger charge is -2.24. The van der Waals surface area contributed by atoms with E-state index in [1.165, 1.54) is 11.1 Å². The van der Waals surface area contributed by atoms with Crippen molar-refractivity contribution in [3.63, 3.8) is 0 Å². The van der Waals surface area contributed by atoms with Crippen LogP contribution in [0.1, 0.15) is 38.3 Å². The van der Waals surface area contributed by atoms with E-state index >= 15 is 0 Å². The van der Waals surface area contributed by atoms with E-state index in [0.717, 1.165) is 23.9 Å². The second kappa shape index (κ2) is 4.40. The molecule has 0 saturated heterocycles. The second-order valence-corrected chi connectivity index (χ2v) is 6.07. The van der Waals surface area contributed by atoms with Gasteiger partial charge in [0.2, 0.25) is 0 Å². The van der Waals surface area contributed by atoms with E-state index in [1.807, 2.05) is 0 Å². The van der Waals surface area contributed by atoms with Crippen molar-refractivity contribution < 1.29 is 4.74 Å². The van der Waals surface area contributed by atoms with Gasteiger partial charge in [0.15, 0.2) is 0 Å². The van der Waals surface area contributed by atoms with Gasteiger partial charge in [0.05, 0.1) is 0 Å². The fourth-order valence-electron chi connectivity index (χ4n) is 2.22. The van der Waals surface area contributed by atoms with Gasteiger partial charge in [-0.05, 0) is 36.0 Å². The van der Waals surface area contributed by atoms with Crippen molar-refractivity contribution in [3.8, 4) is 5.75 Å². The molecular formula is C14H19BrO. The first-order valence-corrected chi connectivity index (χ1v) is 7.01. The number of halogens is 1. The number of rotatable bonds is 3. The first-order valence-electron chi connectivity index (χ1n) is 5.89. The topological polar surface area (TPSA) is 9.23 Å². The minimum absolute atomic E-state index is 0.240. The molecule has 1 aliphatic heterocycles. The molecule has 1 atom stereocenters. The highest BCUT2D eigenvalue weighted by molar-refractivity contribution is 9.09. The quantitative estimate of drug-likeness (QED) is 0.760. The van der Waals surface area contributed by atoms with Crippen LogP contribution < -0.4 is 4.74 Å². The minimum Gasteiger partial charge on any atom is -0.490 e. The predicted octanol–water partition coefficient (Wildman–Crippen LogP) is 4.07. The second-order valence-electron chi connectivity index (χ2n) is 5.28. The zero-order chi connectivity index (χ0) is 11.8. The minimum atomic E-state index is 0.240. The molecule has 2 rings (SSSR count). The number of alkyl halides is 1. The van der Waals surface area contributed by atoms with Gasteiger partial charge < -0.3 is 4.74 Å². The Morgan fingerprint density at radius 3 is 2.88 bits per heavy atom. The summed E-state index contributed by atoms with van der Waals surface area (Å²) in [6.07, 6.45) is 2.54. The molecule has 1 heterocycles. The molecule has 0 amide bonds. The molecule has 1 aromatic carbocycles. The van der Waals surface area contributed by atoms with Gasteiger partial charge in [-0.25, -0.2) is 0 Å². The van der Waals surface area contributed by atoms with Crippen molar-refractivity contribution in [1.29, 1.82) is 0 Å². The molecule has 1 nitrogen and oxygen atoms in total. The van der Waals surface area contributed by atoms with E-state index in [2.05, 4.69) is 54.9 Å². The van der Waals surface area contributed by atoms with Gasteiger partial charge in [-0.1, -0.05) is 41.9 Å². The summed E-state index contributed by atoms with van der Waals surface area (Å²) in [5.41, 5.74) is 3.03. The molecule has 0 N–H and O–H groups in total. The van der Waals surface area contributed by atoms with E-state index in [1.54, 1.807) is 0 Å². The van der Waals surface area contributed by atoms with Crippen LogP contribution in [0.3, 0.4) is 0 Å². The summed E-state index contributed by atoms with van der Waals surface area (Å²) in [4.78, 5) is 0. The fourth-order valence-corrected chi connectivity index (χ4v) is 3.21. The van der Waals surface area contributed by atoms with Crippen LogP contribution in [0.2, 0.25) is 0 Å². The van der Waals surface area contributed by atoms with Crippen LogP contribution in [-0.4, -0.2) is 11.4 Å². The van der Waals surface area contributed by atoms with E-state index in [-0.39, 0.29) is 5.41 Å². The molecule has 16 heavy (non-hydrogen) atoms. The molecule has 0 aliphatic carbocycles. The van der Waals surface area contributed by atoms with Gasteiger partial charge in [-0.15, -0.1) is 0 Å². The molecule has 0 spiro atoms. The van der Waals surface area contributed by atoms with Crippen LogP contribution >= 0.6 is 15.9 Å². The van der Waals surface area contributed by atoms with E-state index in [4.69, 9.17) is 4.74 Å². The zero-order valence-electron chi connectivity index (χ0n) is 10.2. The summed E-state index contributed by atoms with van der Waals surface area (Å²) in [6.45, 7) is 6.73. The molecule has 2 heteroatoms. The molecule has 0 aromatic heterocycles. The molecule has 0 bridgehead atoms. The molecular weight excluding hydrogens is 264 g/mol. The number of fused-ring (bicyclic) bond motifs is 1. The number of hydrogen-bond acceptors (Lipinski definition) is 1. The van der Waals surface area contributed by atoms with Crippen molar-refractivity contribution >= 4 is 15.9 Å². The number of hydrogen-bond donors (Lipinski definition) is 0. The molecule has 1 aliphatic rings. The molecule has 0 saturated carbocycles. The Morgan fingerprint density at radius 2 is 2.19 bits per heavy atom. The first kappa shape index (κ1) is 12.0. The largest absolute Gasteiger partial charge is 0.490 e. The summed E-state index contributed by atoms with van der Waals surface area (Å²) in [7, 11) is 0. The Bertz CT molecular complexity index is 384. The summed E-state index contributed by atoms with van der Waals surface area (Å²) in [5, 5.41) is 1.05. The summed E-state index contributed by atoms with van der Waals surface area (Å²) >= 11 is 3.53. The predicted molar refractivity (Wildman–Crippen MR) is 71.7 cm³/mol. The van der Waals surface area contributed by atoms with Crippen molar-refractivity contribution in [2.24, 2.45) is 0 Å². The first-order chi connectivity index (χ1) is 7.53. The highest BCUT2D eigenvalue weighted by Gasteiger charge is 2.24. The SMILES string of the molecule is CC1Cc2cc(C(C)(C)CCBr)ccc2O1. The van der Waals surface area contributed by atoms with Gasteiger partial charge in [0.25, 0.3) is 0 Å². The summed E-state index contributed by atoms with van der Waals surface area (Å²) in [6, 6.07) is 6.66. The van der Waals surface area contributed by atoms with Gasteiger partial charge in [-0.2, -0.15) is 0 Å². The van der Waals surface area contributed by atoms with Gasteiger partial charge in [0, 0.05) is 11.8 Å². The number of ether oxygens (including phenoxy) is 1. The molecule has 0 radical (unpaired) electrons. The average molecular weight is 283 g/mol. The third-order valence-electron chi connectivity index (χ3n) is 3.40. The zero-order valence-corrected chi connectivity index (χ0v) is 11.8. The maximum atomic E-state index is 5.73. The molecule has 1 unspecified atom stereocenters. The van der Waals surface area contributed by atoms with Crippen LogP contribution in [0.4, 0.5) is 0 Å². The van der Waals surface area contributed by atoms with Gasteiger partial charge >= 0.3 is 0 Å². The Morgan fingerprint density at radius 1 is 1.44 bits per heavy atom. The summed E-state index contributed by atoms with van der Waals surface area (Å²) in [5.74, 6) is 1.07. The van der Waals surface area contributed by atoms with Crippen LogP contribution in [0, 0.1) is 0 Å². The molecule has 88 valence electrons. The third kappa shape index (κ3) is 2.27. The molecule has 0 fully saturated rings. The van der Waals surface area contributed by atoms with Crippen LogP contribution in [0.25, 0.3) is 0 Å². The van der Waals surface area contributed by atoms with Crippen LogP contribution in [0.5, 0.6) is 5.75 Å². The van der Waals surface area contributed by atoms with E-state index < -0.39 is 0 Å². The highest BCUT2D eigenvalue weighted by Crippen LogP contribution is 2.35. The normalized spacial score (nSPS) is 19.4. The smallest absolute Gasteiger partial charge is 0.123 e. The van der Waals surface area contributed by atoms with E-state index in [9.17, 15) is 0 Å². The van der Waals surface area contributed by atoms with Crippen LogP contribution in [-0.2, 0) is 11.8 Å². The maximum absolute atomic E-state index is 5.73. The average Bonchev–Trinajstić information content (AvgIpc) is 2.56. The van der Waals surface area contributed by atoms with E-state index in [0.29, 0.717) is 6.10 Å². The number of benzene rings is 1. The standard InChI is InChI=1S/C14H19BrO/c1-10-8-11-9-12(4-5-13(11)16-10)14(2,3)6-7-15/h4-5,9-10H,6-8H2,1-3H3. The van der Waals surface area contributed by atoms with Gasteiger partial charge in [-0.3, -0.25) is 0 Å². The maximum Gasteiger partial charge on any atom is 0.123 e. The van der Waals surface area contributed by atoms with Crippen LogP contribution in [0.15, 0.2) is 18.2 Å². The Balaban J connectivity index is 2.28.